The van der Waals surface area contributed by atoms with E-state index in [2.05, 4.69) is 146 Å². The summed E-state index contributed by atoms with van der Waals surface area (Å²) in [4.78, 5) is 15.6. The van der Waals surface area contributed by atoms with E-state index in [9.17, 15) is 0 Å². The summed E-state index contributed by atoms with van der Waals surface area (Å²) in [7, 11) is 0. The van der Waals surface area contributed by atoms with Crippen molar-refractivity contribution in [2.45, 2.75) is 12.3 Å². The Bertz CT molecular complexity index is 2830. The minimum Gasteiger partial charge on any atom is -0.455 e. The quantitative estimate of drug-likeness (QED) is 0.185. The van der Waals surface area contributed by atoms with Crippen molar-refractivity contribution in [3.8, 4) is 33.9 Å². The van der Waals surface area contributed by atoms with Gasteiger partial charge < -0.3 is 4.42 Å². The highest BCUT2D eigenvalue weighted by molar-refractivity contribution is 6.21. The van der Waals surface area contributed by atoms with Gasteiger partial charge in [0, 0.05) is 33.2 Å². The third-order valence-corrected chi connectivity index (χ3v) is 10.0. The summed E-state index contributed by atoms with van der Waals surface area (Å²) in [6.45, 7) is 0. The van der Waals surface area contributed by atoms with E-state index in [0.717, 1.165) is 67.2 Å². The second-order valence-corrected chi connectivity index (χ2v) is 13.1. The van der Waals surface area contributed by atoms with Crippen LogP contribution in [-0.4, -0.2) is 15.0 Å². The lowest BCUT2D eigenvalue weighted by molar-refractivity contribution is 0.673. The van der Waals surface area contributed by atoms with E-state index in [1.807, 2.05) is 24.3 Å². The van der Waals surface area contributed by atoms with Crippen molar-refractivity contribution in [3.05, 3.63) is 181 Å². The summed E-state index contributed by atoms with van der Waals surface area (Å²) < 4.78 is 6.64. The van der Waals surface area contributed by atoms with E-state index in [1.165, 1.54) is 21.9 Å². The van der Waals surface area contributed by atoms with Crippen LogP contribution in [0.3, 0.4) is 0 Å². The van der Waals surface area contributed by atoms with Gasteiger partial charge in [0.15, 0.2) is 11.6 Å². The Morgan fingerprint density at radius 1 is 0.510 bits per heavy atom. The standard InChI is InChI=1S/C47H31N3O/c1-3-13-31(14-4-1)37-23-12-24-42-43(37)41-29-40(38-20-9-10-21-39(38)44(41)51-42)47-49-45(33-16-5-2-6-17-33)48-46(50-47)34-27-25-32(26-28-34)36-22-11-18-30-15-7-8-19-35(30)36/h1-27,29,34H,28H2. The molecule has 4 heteroatoms. The van der Waals surface area contributed by atoms with Crippen LogP contribution in [0.1, 0.15) is 23.7 Å². The lowest BCUT2D eigenvalue weighted by Crippen LogP contribution is -2.08. The maximum atomic E-state index is 6.64. The Morgan fingerprint density at radius 2 is 1.18 bits per heavy atom. The fourth-order valence-electron chi connectivity index (χ4n) is 7.58. The van der Waals surface area contributed by atoms with Crippen LogP contribution < -0.4 is 0 Å². The molecule has 0 bridgehead atoms. The normalized spacial score (nSPS) is 14.4. The van der Waals surface area contributed by atoms with Crippen molar-refractivity contribution in [3.63, 3.8) is 0 Å². The molecule has 0 saturated carbocycles. The third kappa shape index (κ3) is 5.03. The smallest absolute Gasteiger partial charge is 0.164 e. The fraction of sp³-hybridized carbons (Fsp3) is 0.0426. The van der Waals surface area contributed by atoms with Gasteiger partial charge >= 0.3 is 0 Å². The third-order valence-electron chi connectivity index (χ3n) is 10.0. The Labute approximate surface area is 295 Å². The van der Waals surface area contributed by atoms with Crippen molar-refractivity contribution in [2.24, 2.45) is 0 Å². The summed E-state index contributed by atoms with van der Waals surface area (Å²) in [5, 5.41) is 6.70. The summed E-state index contributed by atoms with van der Waals surface area (Å²) in [6.07, 6.45) is 7.59. The van der Waals surface area contributed by atoms with E-state index in [0.29, 0.717) is 11.6 Å². The first-order valence-corrected chi connectivity index (χ1v) is 17.4. The van der Waals surface area contributed by atoms with Crippen molar-refractivity contribution in [1.29, 1.82) is 0 Å². The molecular formula is C47H31N3O. The SMILES string of the molecule is C1=CC(c2nc(-c3ccccc3)nc(-c3cc4c(oc5cccc(-c6ccccc6)c54)c4ccccc34)n2)CC=C1c1cccc2ccccc12. The molecule has 1 unspecified atom stereocenters. The van der Waals surface area contributed by atoms with Crippen LogP contribution in [0, 0.1) is 0 Å². The van der Waals surface area contributed by atoms with Crippen LogP contribution in [0.5, 0.6) is 0 Å². The van der Waals surface area contributed by atoms with Crippen molar-refractivity contribution in [1.82, 2.24) is 15.0 Å². The molecule has 240 valence electrons. The van der Waals surface area contributed by atoms with E-state index in [4.69, 9.17) is 19.4 Å². The van der Waals surface area contributed by atoms with Crippen LogP contribution in [0.25, 0.3) is 83.0 Å². The molecule has 1 aliphatic carbocycles. The number of hydrogen-bond donors (Lipinski definition) is 0. The van der Waals surface area contributed by atoms with E-state index in [-0.39, 0.29) is 5.92 Å². The van der Waals surface area contributed by atoms with Crippen molar-refractivity contribution in [2.75, 3.05) is 0 Å². The molecule has 4 nitrogen and oxygen atoms in total. The topological polar surface area (TPSA) is 51.8 Å². The maximum Gasteiger partial charge on any atom is 0.164 e. The minimum atomic E-state index is 0.00220. The summed E-state index contributed by atoms with van der Waals surface area (Å²) in [5.41, 5.74) is 8.38. The zero-order chi connectivity index (χ0) is 33.7. The van der Waals surface area contributed by atoms with Gasteiger partial charge in [-0.15, -0.1) is 0 Å². The fourth-order valence-corrected chi connectivity index (χ4v) is 7.58. The van der Waals surface area contributed by atoms with Gasteiger partial charge in [-0.3, -0.25) is 0 Å². The number of nitrogens with zero attached hydrogens (tertiary/aromatic N) is 3. The highest BCUT2D eigenvalue weighted by Gasteiger charge is 2.23. The van der Waals surface area contributed by atoms with Crippen LogP contribution in [-0.2, 0) is 0 Å². The molecule has 0 spiro atoms. The van der Waals surface area contributed by atoms with Gasteiger partial charge in [0.25, 0.3) is 0 Å². The molecule has 0 N–H and O–H groups in total. The number of hydrogen-bond acceptors (Lipinski definition) is 4. The zero-order valence-electron chi connectivity index (χ0n) is 27.7. The lowest BCUT2D eigenvalue weighted by atomic mass is 9.90. The minimum absolute atomic E-state index is 0.00220. The molecule has 2 heterocycles. The molecule has 7 aromatic carbocycles. The van der Waals surface area contributed by atoms with Crippen LogP contribution >= 0.6 is 0 Å². The zero-order valence-corrected chi connectivity index (χ0v) is 27.7. The van der Waals surface area contributed by atoms with E-state index >= 15 is 0 Å². The first kappa shape index (κ1) is 29.3. The second-order valence-electron chi connectivity index (χ2n) is 13.1. The van der Waals surface area contributed by atoms with Gasteiger partial charge in [-0.2, -0.15) is 0 Å². The van der Waals surface area contributed by atoms with Crippen LogP contribution in [0.15, 0.2) is 174 Å². The van der Waals surface area contributed by atoms with E-state index < -0.39 is 0 Å². The Kier molecular flexibility index (Phi) is 6.91. The number of aromatic nitrogens is 3. The van der Waals surface area contributed by atoms with Gasteiger partial charge in [-0.25, -0.2) is 15.0 Å². The first-order chi connectivity index (χ1) is 25.3. The Balaban J connectivity index is 1.15. The number of benzene rings is 7. The monoisotopic (exact) mass is 653 g/mol. The number of rotatable bonds is 5. The molecule has 0 fully saturated rings. The summed E-state index contributed by atoms with van der Waals surface area (Å²) >= 11 is 0. The predicted molar refractivity (Wildman–Crippen MR) is 209 cm³/mol. The van der Waals surface area contributed by atoms with Crippen LogP contribution in [0.4, 0.5) is 0 Å². The van der Waals surface area contributed by atoms with Gasteiger partial charge in [-0.05, 0) is 57.0 Å². The molecule has 0 saturated heterocycles. The summed E-state index contributed by atoms with van der Waals surface area (Å²) in [5.74, 6) is 2.08. The van der Waals surface area contributed by atoms with Gasteiger partial charge in [0.2, 0.25) is 0 Å². The van der Waals surface area contributed by atoms with Gasteiger partial charge in [0.05, 0.1) is 0 Å². The Hall–Kier alpha value is -6.65. The molecule has 51 heavy (non-hydrogen) atoms. The molecule has 1 aliphatic rings. The molecule has 0 amide bonds. The number of allylic oxidation sites excluding steroid dienone is 4. The molecule has 10 rings (SSSR count). The first-order valence-electron chi connectivity index (χ1n) is 17.4. The maximum absolute atomic E-state index is 6.64. The largest absolute Gasteiger partial charge is 0.455 e. The second kappa shape index (κ2) is 12.0. The van der Waals surface area contributed by atoms with Gasteiger partial charge in [0.1, 0.15) is 17.0 Å². The highest BCUT2D eigenvalue weighted by Crippen LogP contribution is 2.43. The molecule has 0 radical (unpaired) electrons. The summed E-state index contributed by atoms with van der Waals surface area (Å²) in [6, 6.07) is 52.7. The average molecular weight is 654 g/mol. The Morgan fingerprint density at radius 3 is 1.98 bits per heavy atom. The highest BCUT2D eigenvalue weighted by atomic mass is 16.3. The average Bonchev–Trinajstić information content (AvgIpc) is 3.60. The number of furan rings is 1. The van der Waals surface area contributed by atoms with Crippen molar-refractivity contribution >= 4 is 49.1 Å². The van der Waals surface area contributed by atoms with Gasteiger partial charge in [-0.1, -0.05) is 158 Å². The lowest BCUT2D eigenvalue weighted by Gasteiger charge is -2.18. The van der Waals surface area contributed by atoms with Crippen LogP contribution in [0.2, 0.25) is 0 Å². The molecule has 2 aromatic heterocycles. The number of fused-ring (bicyclic) bond motifs is 6. The van der Waals surface area contributed by atoms with E-state index in [1.54, 1.807) is 0 Å². The molecule has 9 aromatic rings. The predicted octanol–water partition coefficient (Wildman–Crippen LogP) is 12.2. The molecular weight excluding hydrogens is 623 g/mol. The van der Waals surface area contributed by atoms with Crippen molar-refractivity contribution < 1.29 is 4.42 Å². The molecule has 0 aliphatic heterocycles. The molecule has 1 atom stereocenters.